The standard InChI is InChI=1S/C34H36N4O4/c1-23-20-38(24(2)22-39)33(40)29-18-26(17-16-25-10-5-4-6-11-25)19-35-32(29)42-31(23)21-37(3)34(41)36-30-15-9-13-27-12-7-8-14-28(27)30/h4-19,23-24,31,39H,20-22H2,1-3H3,(H,36,41)/t23-,24+,31-/m0/s1. The summed E-state index contributed by atoms with van der Waals surface area (Å²) in [5.41, 5.74) is 2.84. The molecular formula is C34H36N4O4. The summed E-state index contributed by atoms with van der Waals surface area (Å²) in [7, 11) is 1.72. The van der Waals surface area contributed by atoms with E-state index in [1.54, 1.807) is 29.1 Å². The van der Waals surface area contributed by atoms with Gasteiger partial charge in [-0.05, 0) is 35.6 Å². The number of likely N-dealkylation sites (N-methyl/N-ethyl adjacent to an activating group) is 1. The Kier molecular flexibility index (Phi) is 8.83. The van der Waals surface area contributed by atoms with Crippen molar-refractivity contribution in [1.82, 2.24) is 14.8 Å². The van der Waals surface area contributed by atoms with Gasteiger partial charge < -0.3 is 25.0 Å². The van der Waals surface area contributed by atoms with Crippen molar-refractivity contribution in [3.05, 3.63) is 102 Å². The third-order valence-corrected chi connectivity index (χ3v) is 7.64. The number of hydrogen-bond donors (Lipinski definition) is 2. The summed E-state index contributed by atoms with van der Waals surface area (Å²) in [5.74, 6) is -0.184. The van der Waals surface area contributed by atoms with Crippen LogP contribution in [0, 0.1) is 5.92 Å². The molecule has 3 amide bonds. The lowest BCUT2D eigenvalue weighted by atomic mass is 10.00. The Labute approximate surface area is 246 Å². The highest BCUT2D eigenvalue weighted by Gasteiger charge is 2.34. The summed E-state index contributed by atoms with van der Waals surface area (Å²) in [5, 5.41) is 15.0. The number of aliphatic hydroxyl groups is 1. The number of carbonyl (C=O) groups is 2. The van der Waals surface area contributed by atoms with Gasteiger partial charge in [0, 0.05) is 31.1 Å². The smallest absolute Gasteiger partial charge is 0.321 e. The van der Waals surface area contributed by atoms with Gasteiger partial charge in [-0.2, -0.15) is 0 Å². The van der Waals surface area contributed by atoms with Crippen LogP contribution < -0.4 is 10.1 Å². The minimum absolute atomic E-state index is 0.150. The number of amides is 3. The van der Waals surface area contributed by atoms with E-state index in [0.717, 1.165) is 27.6 Å². The lowest BCUT2D eigenvalue weighted by molar-refractivity contribution is 0.0356. The van der Waals surface area contributed by atoms with Gasteiger partial charge in [-0.15, -0.1) is 0 Å². The molecule has 0 saturated carbocycles. The Morgan fingerprint density at radius 2 is 1.81 bits per heavy atom. The SMILES string of the molecule is C[C@H](CO)N1C[C@H](C)[C@H](CN(C)C(=O)Nc2cccc3ccccc23)Oc2ncc(C=Cc3ccccc3)cc2C1=O. The van der Waals surface area contributed by atoms with E-state index in [1.165, 1.54) is 0 Å². The molecule has 1 aliphatic rings. The number of aromatic nitrogens is 1. The van der Waals surface area contributed by atoms with Gasteiger partial charge in [0.15, 0.2) is 0 Å². The van der Waals surface area contributed by atoms with Crippen molar-refractivity contribution in [2.75, 3.05) is 32.1 Å². The molecule has 4 aromatic rings. The molecule has 0 aliphatic carbocycles. The quantitative estimate of drug-likeness (QED) is 0.296. The van der Waals surface area contributed by atoms with Crippen molar-refractivity contribution in [2.24, 2.45) is 5.92 Å². The second-order valence-electron chi connectivity index (χ2n) is 10.8. The van der Waals surface area contributed by atoms with Gasteiger partial charge in [-0.25, -0.2) is 9.78 Å². The first-order chi connectivity index (χ1) is 20.3. The molecule has 2 heterocycles. The number of carbonyl (C=O) groups excluding carboxylic acids is 2. The summed E-state index contributed by atoms with van der Waals surface area (Å²) in [4.78, 5) is 34.8. The van der Waals surface area contributed by atoms with E-state index in [4.69, 9.17) is 4.74 Å². The van der Waals surface area contributed by atoms with Crippen LogP contribution >= 0.6 is 0 Å². The monoisotopic (exact) mass is 564 g/mol. The molecule has 216 valence electrons. The molecule has 8 heteroatoms. The molecular weight excluding hydrogens is 528 g/mol. The topological polar surface area (TPSA) is 95.0 Å². The highest BCUT2D eigenvalue weighted by atomic mass is 16.5. The molecule has 1 aliphatic heterocycles. The molecule has 5 rings (SSSR count). The lowest BCUT2D eigenvalue weighted by Gasteiger charge is -2.37. The van der Waals surface area contributed by atoms with E-state index >= 15 is 0 Å². The molecule has 0 unspecified atom stereocenters. The zero-order valence-corrected chi connectivity index (χ0v) is 24.1. The molecule has 0 bridgehead atoms. The number of fused-ring (bicyclic) bond motifs is 2. The molecule has 1 aromatic heterocycles. The predicted octanol–water partition coefficient (Wildman–Crippen LogP) is 5.79. The fraction of sp³-hybridized carbons (Fsp3) is 0.265. The molecule has 0 radical (unpaired) electrons. The number of hydrogen-bond acceptors (Lipinski definition) is 5. The summed E-state index contributed by atoms with van der Waals surface area (Å²) in [6, 6.07) is 24.7. The first-order valence-electron chi connectivity index (χ1n) is 14.2. The average Bonchev–Trinajstić information content (AvgIpc) is 3.02. The molecule has 2 N–H and O–H groups in total. The van der Waals surface area contributed by atoms with E-state index in [2.05, 4.69) is 10.3 Å². The minimum Gasteiger partial charge on any atom is -0.472 e. The minimum atomic E-state index is -0.452. The number of urea groups is 1. The Morgan fingerprint density at radius 3 is 2.60 bits per heavy atom. The summed E-state index contributed by atoms with van der Waals surface area (Å²) in [6.07, 6.45) is 5.08. The number of rotatable bonds is 7. The molecule has 0 spiro atoms. The molecule has 0 fully saturated rings. The van der Waals surface area contributed by atoms with Gasteiger partial charge in [-0.3, -0.25) is 4.79 Å². The van der Waals surface area contributed by atoms with Gasteiger partial charge in [0.1, 0.15) is 11.7 Å². The van der Waals surface area contributed by atoms with Crippen LogP contribution in [-0.4, -0.2) is 70.7 Å². The van der Waals surface area contributed by atoms with E-state index in [-0.39, 0.29) is 36.9 Å². The molecule has 0 saturated heterocycles. The third-order valence-electron chi connectivity index (χ3n) is 7.64. The van der Waals surface area contributed by atoms with Crippen molar-refractivity contribution in [3.63, 3.8) is 0 Å². The van der Waals surface area contributed by atoms with Crippen molar-refractivity contribution in [1.29, 1.82) is 0 Å². The second kappa shape index (κ2) is 12.9. The highest BCUT2D eigenvalue weighted by Crippen LogP contribution is 2.28. The van der Waals surface area contributed by atoms with Crippen LogP contribution in [0.1, 0.15) is 35.3 Å². The van der Waals surface area contributed by atoms with Crippen molar-refractivity contribution in [3.8, 4) is 5.88 Å². The van der Waals surface area contributed by atoms with E-state index in [9.17, 15) is 14.7 Å². The summed E-state index contributed by atoms with van der Waals surface area (Å²) in [6.45, 7) is 4.25. The number of nitrogens with one attached hydrogen (secondary N) is 1. The zero-order chi connectivity index (χ0) is 29.6. The fourth-order valence-electron chi connectivity index (χ4n) is 5.08. The first-order valence-corrected chi connectivity index (χ1v) is 14.2. The normalized spacial score (nSPS) is 17.7. The third kappa shape index (κ3) is 6.44. The maximum absolute atomic E-state index is 13.7. The fourth-order valence-corrected chi connectivity index (χ4v) is 5.08. The van der Waals surface area contributed by atoms with E-state index in [0.29, 0.717) is 12.1 Å². The van der Waals surface area contributed by atoms with Crippen LogP contribution in [0.3, 0.4) is 0 Å². The van der Waals surface area contributed by atoms with Crippen LogP contribution in [0.4, 0.5) is 10.5 Å². The maximum Gasteiger partial charge on any atom is 0.321 e. The molecule has 42 heavy (non-hydrogen) atoms. The van der Waals surface area contributed by atoms with Gasteiger partial charge in [0.05, 0.1) is 24.9 Å². The van der Waals surface area contributed by atoms with Crippen LogP contribution in [0.5, 0.6) is 5.88 Å². The number of ether oxygens (including phenoxy) is 1. The van der Waals surface area contributed by atoms with Gasteiger partial charge in [0.25, 0.3) is 5.91 Å². The summed E-state index contributed by atoms with van der Waals surface area (Å²) >= 11 is 0. The van der Waals surface area contributed by atoms with Crippen LogP contribution in [0.25, 0.3) is 22.9 Å². The second-order valence-corrected chi connectivity index (χ2v) is 10.8. The molecule has 3 atom stereocenters. The Balaban J connectivity index is 1.39. The van der Waals surface area contributed by atoms with Gasteiger partial charge in [0.2, 0.25) is 5.88 Å². The summed E-state index contributed by atoms with van der Waals surface area (Å²) < 4.78 is 6.37. The highest BCUT2D eigenvalue weighted by molar-refractivity contribution is 6.01. The zero-order valence-electron chi connectivity index (χ0n) is 24.1. The van der Waals surface area contributed by atoms with Crippen LogP contribution in [0.15, 0.2) is 85.1 Å². The predicted molar refractivity (Wildman–Crippen MR) is 166 cm³/mol. The first kappa shape index (κ1) is 28.8. The van der Waals surface area contributed by atoms with Crippen molar-refractivity contribution >= 4 is 40.6 Å². The molecule has 3 aromatic carbocycles. The van der Waals surface area contributed by atoms with Crippen LogP contribution in [-0.2, 0) is 0 Å². The Bertz CT molecular complexity index is 1580. The lowest BCUT2D eigenvalue weighted by Crippen LogP contribution is -2.50. The number of aliphatic hydroxyl groups excluding tert-OH is 1. The number of benzene rings is 3. The number of nitrogens with zero attached hydrogens (tertiary/aromatic N) is 3. The van der Waals surface area contributed by atoms with Crippen LogP contribution in [0.2, 0.25) is 0 Å². The van der Waals surface area contributed by atoms with Gasteiger partial charge in [-0.1, -0.05) is 85.8 Å². The van der Waals surface area contributed by atoms with Crippen molar-refractivity contribution < 1.29 is 19.4 Å². The molecule has 8 nitrogen and oxygen atoms in total. The largest absolute Gasteiger partial charge is 0.472 e. The Hall–Kier alpha value is -4.69. The van der Waals surface area contributed by atoms with Crippen molar-refractivity contribution in [2.45, 2.75) is 26.0 Å². The van der Waals surface area contributed by atoms with E-state index in [1.807, 2.05) is 98.8 Å². The Morgan fingerprint density at radius 1 is 1.10 bits per heavy atom. The van der Waals surface area contributed by atoms with Gasteiger partial charge >= 0.3 is 6.03 Å². The van der Waals surface area contributed by atoms with E-state index < -0.39 is 12.1 Å². The average molecular weight is 565 g/mol. The number of pyridine rings is 1. The maximum atomic E-state index is 13.7. The number of anilines is 1.